The molecule has 1 aliphatic heterocycles. The summed E-state index contributed by atoms with van der Waals surface area (Å²) in [5.74, 6) is -1.16. The Morgan fingerprint density at radius 2 is 1.76 bits per heavy atom. The first kappa shape index (κ1) is 33.2. The minimum absolute atomic E-state index is 0.0150. The summed E-state index contributed by atoms with van der Waals surface area (Å²) in [7, 11) is -4.16. The topological polar surface area (TPSA) is 101 Å². The van der Waals surface area contributed by atoms with E-state index in [2.05, 4.69) is 14.7 Å². The Morgan fingerprint density at radius 1 is 1.07 bits per heavy atom. The number of anilines is 1. The maximum absolute atomic E-state index is 14.4. The first-order chi connectivity index (χ1) is 21.3. The van der Waals surface area contributed by atoms with Crippen molar-refractivity contribution in [3.8, 4) is 17.1 Å². The number of hydrogen-bond acceptors (Lipinski definition) is 6. The largest absolute Gasteiger partial charge is 0.477 e. The van der Waals surface area contributed by atoms with Crippen LogP contribution in [0.25, 0.3) is 11.3 Å². The van der Waals surface area contributed by atoms with Gasteiger partial charge in [-0.25, -0.2) is 18.1 Å². The van der Waals surface area contributed by atoms with E-state index in [0.717, 1.165) is 23.1 Å². The summed E-state index contributed by atoms with van der Waals surface area (Å²) in [4.78, 5) is 8.87. The van der Waals surface area contributed by atoms with Gasteiger partial charge in [0.25, 0.3) is 10.0 Å². The number of nitrogens with zero attached hydrogens (tertiary/aromatic N) is 2. The fourth-order valence-electron chi connectivity index (χ4n) is 6.87. The number of sulfonamides is 1. The van der Waals surface area contributed by atoms with Gasteiger partial charge in [-0.05, 0) is 92.5 Å². The van der Waals surface area contributed by atoms with Crippen LogP contribution in [0.3, 0.4) is 0 Å². The van der Waals surface area contributed by atoms with Crippen molar-refractivity contribution in [2.45, 2.75) is 83.2 Å². The minimum atomic E-state index is -4.36. The van der Waals surface area contributed by atoms with Crippen LogP contribution < -0.4 is 9.46 Å². The van der Waals surface area contributed by atoms with E-state index < -0.39 is 33.5 Å². The summed E-state index contributed by atoms with van der Waals surface area (Å²) in [6, 6.07) is 13.8. The third-order valence-corrected chi connectivity index (χ3v) is 11.1. The highest BCUT2D eigenvalue weighted by atomic mass is 32.2. The molecule has 1 aliphatic carbocycles. The van der Waals surface area contributed by atoms with Crippen LogP contribution in [-0.4, -0.2) is 42.9 Å². The number of halogens is 3. The lowest BCUT2D eigenvalue weighted by Crippen LogP contribution is -2.34. The van der Waals surface area contributed by atoms with Crippen LogP contribution in [0.4, 0.5) is 19.1 Å². The predicted molar refractivity (Wildman–Crippen MR) is 168 cm³/mol. The highest BCUT2D eigenvalue weighted by Gasteiger charge is 2.63. The maximum atomic E-state index is 14.4. The molecule has 0 saturated heterocycles. The smallest absolute Gasteiger partial charge is 0.394 e. The van der Waals surface area contributed by atoms with E-state index in [0.29, 0.717) is 24.1 Å². The van der Waals surface area contributed by atoms with Gasteiger partial charge in [0.2, 0.25) is 11.8 Å². The molecule has 2 aromatic carbocycles. The van der Waals surface area contributed by atoms with Gasteiger partial charge in [0.15, 0.2) is 0 Å². The lowest BCUT2D eigenvalue weighted by Gasteiger charge is -2.36. The van der Waals surface area contributed by atoms with Crippen LogP contribution >= 0.6 is 0 Å². The molecule has 0 radical (unpaired) electrons. The van der Waals surface area contributed by atoms with Crippen molar-refractivity contribution in [2.24, 2.45) is 23.2 Å². The van der Waals surface area contributed by atoms with E-state index in [9.17, 15) is 26.7 Å². The van der Waals surface area contributed by atoms with Gasteiger partial charge >= 0.3 is 6.18 Å². The number of aromatic nitrogens is 2. The molecule has 2 heterocycles. The van der Waals surface area contributed by atoms with E-state index in [1.807, 2.05) is 45.9 Å². The number of rotatable bonds is 9. The molecule has 3 aromatic rings. The van der Waals surface area contributed by atoms with E-state index in [4.69, 9.17) is 4.74 Å². The summed E-state index contributed by atoms with van der Waals surface area (Å²) in [6.07, 6.45) is -2.23. The number of alkyl halides is 3. The minimum Gasteiger partial charge on any atom is -0.477 e. The quantitative estimate of drug-likeness (QED) is 0.246. The maximum Gasteiger partial charge on any atom is 0.394 e. The summed E-state index contributed by atoms with van der Waals surface area (Å²) in [5.41, 5.74) is 1.94. The van der Waals surface area contributed by atoms with E-state index >= 15 is 0 Å². The summed E-state index contributed by atoms with van der Waals surface area (Å²) >= 11 is 0. The van der Waals surface area contributed by atoms with Gasteiger partial charge in [-0.1, -0.05) is 50.6 Å². The SMILES string of the molecule is CC[C@H](CO)CC[C@H](C)C1c2cccc(c2)S(=O)(=O)Nc2nc(cc(-c3c(C)cccc3C)n2)OC[C@H]1CC1(C(F)(F)F)CC1. The second kappa shape index (κ2) is 12.9. The van der Waals surface area contributed by atoms with Crippen LogP contribution in [0.15, 0.2) is 53.4 Å². The molecular formula is C34H42F3N3O4S. The third-order valence-electron chi connectivity index (χ3n) is 9.76. The summed E-state index contributed by atoms with van der Waals surface area (Å²) in [6.45, 7) is 7.85. The van der Waals surface area contributed by atoms with Crippen LogP contribution in [-0.2, 0) is 10.0 Å². The zero-order valence-corrected chi connectivity index (χ0v) is 27.0. The zero-order chi connectivity index (χ0) is 32.6. The average molecular weight is 646 g/mol. The Balaban J connectivity index is 1.64. The second-order valence-electron chi connectivity index (χ2n) is 13.0. The van der Waals surface area contributed by atoms with Gasteiger partial charge in [-0.3, -0.25) is 0 Å². The van der Waals surface area contributed by atoms with E-state index in [1.54, 1.807) is 24.3 Å². The number of aliphatic hydroxyl groups excluding tert-OH is 1. The lowest BCUT2D eigenvalue weighted by atomic mass is 9.71. The molecule has 244 valence electrons. The van der Waals surface area contributed by atoms with Gasteiger partial charge in [0.1, 0.15) is 0 Å². The first-order valence-corrected chi connectivity index (χ1v) is 17.1. The van der Waals surface area contributed by atoms with Crippen molar-refractivity contribution in [1.82, 2.24) is 9.97 Å². The number of fused-ring (bicyclic) bond motifs is 4. The van der Waals surface area contributed by atoms with Crippen LogP contribution in [0.5, 0.6) is 5.88 Å². The number of nitrogens with one attached hydrogen (secondary N) is 1. The fraction of sp³-hybridized carbons (Fsp3) is 0.529. The number of aryl methyl sites for hydroxylation is 2. The van der Waals surface area contributed by atoms with Crippen molar-refractivity contribution in [3.63, 3.8) is 0 Å². The normalized spacial score (nSPS) is 21.8. The number of ether oxygens (including phenoxy) is 1. The molecular weight excluding hydrogens is 603 g/mol. The highest BCUT2D eigenvalue weighted by molar-refractivity contribution is 7.92. The van der Waals surface area contributed by atoms with E-state index in [1.165, 1.54) is 6.07 Å². The Bertz CT molecular complexity index is 1600. The second-order valence-corrected chi connectivity index (χ2v) is 14.6. The molecule has 2 aliphatic rings. The zero-order valence-electron chi connectivity index (χ0n) is 26.2. The molecule has 4 atom stereocenters. The molecule has 0 spiro atoms. The molecule has 4 bridgehead atoms. The number of benzene rings is 2. The molecule has 1 saturated carbocycles. The molecule has 11 heteroatoms. The monoisotopic (exact) mass is 645 g/mol. The summed E-state index contributed by atoms with van der Waals surface area (Å²) in [5, 5.41) is 9.80. The molecule has 1 unspecified atom stereocenters. The lowest BCUT2D eigenvalue weighted by molar-refractivity contribution is -0.193. The third kappa shape index (κ3) is 7.14. The molecule has 45 heavy (non-hydrogen) atoms. The Morgan fingerprint density at radius 3 is 2.38 bits per heavy atom. The Hall–Kier alpha value is -3.18. The molecule has 5 rings (SSSR count). The van der Waals surface area contributed by atoms with Gasteiger partial charge < -0.3 is 9.84 Å². The molecule has 7 nitrogen and oxygen atoms in total. The fourth-order valence-corrected chi connectivity index (χ4v) is 7.86. The van der Waals surface area contributed by atoms with Crippen molar-refractivity contribution >= 4 is 16.0 Å². The molecule has 1 fully saturated rings. The standard InChI is InChI=1S/C34H42F3N3O4S/c1-5-24(19-41)13-12-23(4)31-25-10-7-11-27(16-25)45(42,43)40-32-38-28(30-21(2)8-6-9-22(30)3)17-29(39-32)44-20-26(31)18-33(14-15-33)34(35,36)37/h6-11,16-17,23-24,26,31,41H,5,12-15,18-20H2,1-4H3,(H,38,39,40)/t23-,24-,26+,31?/m0/s1. The van der Waals surface area contributed by atoms with Gasteiger partial charge in [-0.2, -0.15) is 18.2 Å². The Kier molecular flexibility index (Phi) is 9.52. The average Bonchev–Trinajstić information content (AvgIpc) is 3.77. The van der Waals surface area contributed by atoms with Crippen molar-refractivity contribution < 1.29 is 31.4 Å². The number of hydrogen-bond donors (Lipinski definition) is 2. The van der Waals surface area contributed by atoms with Crippen LogP contribution in [0, 0.1) is 37.0 Å². The highest BCUT2D eigenvalue weighted by Crippen LogP contribution is 2.62. The molecule has 0 amide bonds. The Labute approximate surface area is 263 Å². The van der Waals surface area contributed by atoms with Crippen molar-refractivity contribution in [1.29, 1.82) is 0 Å². The van der Waals surface area contributed by atoms with Crippen molar-refractivity contribution in [2.75, 3.05) is 17.9 Å². The predicted octanol–water partition coefficient (Wildman–Crippen LogP) is 7.82. The van der Waals surface area contributed by atoms with Gasteiger partial charge in [0, 0.05) is 24.2 Å². The number of aliphatic hydroxyl groups is 1. The van der Waals surface area contributed by atoms with Gasteiger partial charge in [0.05, 0.1) is 22.6 Å². The van der Waals surface area contributed by atoms with E-state index in [-0.39, 0.29) is 61.0 Å². The summed E-state index contributed by atoms with van der Waals surface area (Å²) < 4.78 is 79.3. The van der Waals surface area contributed by atoms with Crippen molar-refractivity contribution in [3.05, 3.63) is 65.2 Å². The molecule has 2 N–H and O–H groups in total. The van der Waals surface area contributed by atoms with Crippen LogP contribution in [0.1, 0.15) is 75.0 Å². The first-order valence-electron chi connectivity index (χ1n) is 15.7. The van der Waals surface area contributed by atoms with Gasteiger partial charge in [-0.15, -0.1) is 0 Å². The van der Waals surface area contributed by atoms with Crippen LogP contribution in [0.2, 0.25) is 0 Å². The molecule has 1 aromatic heterocycles.